The highest BCUT2D eigenvalue weighted by atomic mass is 35.5. The maximum Gasteiger partial charge on any atom is 0.412 e. The van der Waals surface area contributed by atoms with Gasteiger partial charge in [0.2, 0.25) is 0 Å². The van der Waals surface area contributed by atoms with E-state index in [4.69, 9.17) is 16.3 Å². The molecule has 2 fully saturated rings. The molecule has 8 heteroatoms. The van der Waals surface area contributed by atoms with Crippen molar-refractivity contribution in [2.75, 3.05) is 5.32 Å². The quantitative estimate of drug-likeness (QED) is 0.770. The van der Waals surface area contributed by atoms with Crippen LogP contribution in [0.3, 0.4) is 0 Å². The average molecular weight is 391 g/mol. The van der Waals surface area contributed by atoms with Crippen LogP contribution in [0.4, 0.5) is 10.5 Å². The summed E-state index contributed by atoms with van der Waals surface area (Å²) >= 11 is 6.25. The van der Waals surface area contributed by atoms with Gasteiger partial charge >= 0.3 is 6.09 Å². The first-order valence-corrected chi connectivity index (χ1v) is 9.34. The van der Waals surface area contributed by atoms with E-state index < -0.39 is 11.7 Å². The number of nitrogens with one attached hydrogen (secondary N) is 2. The average Bonchev–Trinajstić information content (AvgIpc) is 3.09. The number of nitriles is 1. The van der Waals surface area contributed by atoms with Crippen molar-refractivity contribution in [3.63, 3.8) is 0 Å². The molecule has 7 nitrogen and oxygen atoms in total. The van der Waals surface area contributed by atoms with Gasteiger partial charge in [0, 0.05) is 11.7 Å². The molecule has 2 aliphatic rings. The van der Waals surface area contributed by atoms with Gasteiger partial charge in [0.15, 0.2) is 6.19 Å². The lowest BCUT2D eigenvalue weighted by Crippen LogP contribution is -2.43. The van der Waals surface area contributed by atoms with E-state index in [0.29, 0.717) is 11.3 Å². The molecule has 2 saturated heterocycles. The van der Waals surface area contributed by atoms with Gasteiger partial charge in [-0.2, -0.15) is 5.26 Å². The fourth-order valence-corrected chi connectivity index (χ4v) is 4.01. The Hall–Kier alpha value is -2.46. The van der Waals surface area contributed by atoms with Gasteiger partial charge in [-0.1, -0.05) is 11.6 Å². The van der Waals surface area contributed by atoms with Crippen LogP contribution in [0.5, 0.6) is 0 Å². The number of hydrogen-bond donors (Lipinski definition) is 2. The molecule has 2 aliphatic heterocycles. The van der Waals surface area contributed by atoms with E-state index in [9.17, 15) is 14.9 Å². The molecule has 3 rings (SSSR count). The van der Waals surface area contributed by atoms with Gasteiger partial charge in [0.05, 0.1) is 22.7 Å². The van der Waals surface area contributed by atoms with Crippen LogP contribution in [0.2, 0.25) is 5.02 Å². The fraction of sp³-hybridized carbons (Fsp3) is 0.526. The summed E-state index contributed by atoms with van der Waals surface area (Å²) in [5.41, 5.74) is 0.171. The summed E-state index contributed by atoms with van der Waals surface area (Å²) in [6, 6.07) is 4.93. The summed E-state index contributed by atoms with van der Waals surface area (Å²) in [7, 11) is 0. The number of carbonyl (C=O) groups is 2. The summed E-state index contributed by atoms with van der Waals surface area (Å²) in [5, 5.41) is 15.1. The standard InChI is InChI=1S/C19H23ClN4O3/c1-19(2,3)27-18(26)22-11-4-6-13(14(20)8-11)17(25)23-15-9-12-5-7-16(15)24(12)10-21/h4,6,8,12,15-16H,5,7,9H2,1-3H3,(H,22,26)(H,23,25)/t12-,15+,16+/m0/s1. The number of anilines is 1. The van der Waals surface area contributed by atoms with Gasteiger partial charge in [-0.3, -0.25) is 10.1 Å². The number of ether oxygens (including phenoxy) is 1. The van der Waals surface area contributed by atoms with Crippen molar-refractivity contribution in [3.8, 4) is 6.19 Å². The largest absolute Gasteiger partial charge is 0.444 e. The molecule has 1 aromatic carbocycles. The zero-order valence-electron chi connectivity index (χ0n) is 15.6. The molecular formula is C19H23ClN4O3. The van der Waals surface area contributed by atoms with Crippen molar-refractivity contribution in [2.45, 2.75) is 63.8 Å². The Kier molecular flexibility index (Phi) is 5.20. The Balaban J connectivity index is 1.63. The van der Waals surface area contributed by atoms with Crippen LogP contribution >= 0.6 is 11.6 Å². The van der Waals surface area contributed by atoms with Crippen molar-refractivity contribution in [2.24, 2.45) is 0 Å². The van der Waals surface area contributed by atoms with Crippen molar-refractivity contribution in [1.82, 2.24) is 10.2 Å². The van der Waals surface area contributed by atoms with Gasteiger partial charge in [0.1, 0.15) is 5.60 Å². The Labute approximate surface area is 163 Å². The minimum atomic E-state index is -0.605. The van der Waals surface area contributed by atoms with Crippen molar-refractivity contribution < 1.29 is 14.3 Å². The van der Waals surface area contributed by atoms with Crippen molar-refractivity contribution in [1.29, 1.82) is 5.26 Å². The second-order valence-corrected chi connectivity index (χ2v) is 8.35. The summed E-state index contributed by atoms with van der Waals surface area (Å²) < 4.78 is 5.19. The third-order valence-electron chi connectivity index (χ3n) is 4.83. The summed E-state index contributed by atoms with van der Waals surface area (Å²) in [5.74, 6) is -0.278. The highest BCUT2D eigenvalue weighted by molar-refractivity contribution is 6.34. The number of amides is 2. The summed E-state index contributed by atoms with van der Waals surface area (Å²) in [4.78, 5) is 26.2. The molecule has 0 aromatic heterocycles. The van der Waals surface area contributed by atoms with Crippen LogP contribution < -0.4 is 10.6 Å². The number of hydrogen-bond acceptors (Lipinski definition) is 5. The van der Waals surface area contributed by atoms with E-state index in [-0.39, 0.29) is 29.1 Å². The second kappa shape index (κ2) is 7.28. The lowest BCUT2D eigenvalue weighted by atomic mass is 9.95. The molecule has 0 spiro atoms. The van der Waals surface area contributed by atoms with Gasteiger partial charge in [-0.15, -0.1) is 0 Å². The van der Waals surface area contributed by atoms with E-state index in [1.807, 2.05) is 0 Å². The Morgan fingerprint density at radius 1 is 1.33 bits per heavy atom. The number of benzene rings is 1. The molecule has 2 N–H and O–H groups in total. The van der Waals surface area contributed by atoms with Gasteiger partial charge in [-0.05, 0) is 58.2 Å². The predicted octanol–water partition coefficient (Wildman–Crippen LogP) is 3.50. The lowest BCUT2D eigenvalue weighted by Gasteiger charge is -2.22. The van der Waals surface area contributed by atoms with E-state index in [0.717, 1.165) is 19.3 Å². The normalized spacial score (nSPS) is 23.7. The number of carbonyl (C=O) groups excluding carboxylic acids is 2. The summed E-state index contributed by atoms with van der Waals surface area (Å²) in [6.45, 7) is 5.32. The molecule has 2 heterocycles. The van der Waals surface area contributed by atoms with Crippen LogP contribution in [0.25, 0.3) is 0 Å². The SMILES string of the molecule is CC(C)(C)OC(=O)Nc1ccc(C(=O)N[C@@H]2C[C@@H]3CC[C@H]2N3C#N)c(Cl)c1. The zero-order chi connectivity index (χ0) is 19.8. The third-order valence-corrected chi connectivity index (χ3v) is 5.14. The third kappa shape index (κ3) is 4.28. The molecule has 144 valence electrons. The van der Waals surface area contributed by atoms with Crippen LogP contribution in [-0.4, -0.2) is 40.6 Å². The molecule has 1 aromatic rings. The maximum absolute atomic E-state index is 12.6. The first-order valence-electron chi connectivity index (χ1n) is 8.96. The van der Waals surface area contributed by atoms with Gasteiger partial charge < -0.3 is 15.0 Å². The highest BCUT2D eigenvalue weighted by Gasteiger charge is 2.46. The molecule has 27 heavy (non-hydrogen) atoms. The molecule has 0 radical (unpaired) electrons. The fourth-order valence-electron chi connectivity index (χ4n) is 3.74. The monoisotopic (exact) mass is 390 g/mol. The molecule has 0 saturated carbocycles. The van der Waals surface area contributed by atoms with Crippen LogP contribution in [-0.2, 0) is 4.74 Å². The molecule has 0 aliphatic carbocycles. The summed E-state index contributed by atoms with van der Waals surface area (Å²) in [6.07, 6.45) is 4.32. The Bertz CT molecular complexity index is 799. The smallest absolute Gasteiger partial charge is 0.412 e. The van der Waals surface area contributed by atoms with E-state index in [1.165, 1.54) is 6.07 Å². The predicted molar refractivity (Wildman–Crippen MR) is 101 cm³/mol. The zero-order valence-corrected chi connectivity index (χ0v) is 16.3. The van der Waals surface area contributed by atoms with Crippen LogP contribution in [0.1, 0.15) is 50.4 Å². The van der Waals surface area contributed by atoms with Gasteiger partial charge in [0.25, 0.3) is 5.91 Å². The number of halogens is 1. The highest BCUT2D eigenvalue weighted by Crippen LogP contribution is 2.37. The number of fused-ring (bicyclic) bond motifs is 2. The number of rotatable bonds is 3. The second-order valence-electron chi connectivity index (χ2n) is 7.94. The minimum absolute atomic E-state index is 0.0495. The topological polar surface area (TPSA) is 94.5 Å². The van der Waals surface area contributed by atoms with Crippen molar-refractivity contribution in [3.05, 3.63) is 28.8 Å². The van der Waals surface area contributed by atoms with E-state index in [1.54, 1.807) is 37.8 Å². The first-order chi connectivity index (χ1) is 12.7. The molecule has 0 unspecified atom stereocenters. The van der Waals surface area contributed by atoms with Crippen LogP contribution in [0, 0.1) is 11.5 Å². The van der Waals surface area contributed by atoms with Gasteiger partial charge in [-0.25, -0.2) is 4.79 Å². The minimum Gasteiger partial charge on any atom is -0.444 e. The number of nitrogens with zero attached hydrogens (tertiary/aromatic N) is 2. The maximum atomic E-state index is 12.6. The Morgan fingerprint density at radius 2 is 2.07 bits per heavy atom. The Morgan fingerprint density at radius 3 is 2.67 bits per heavy atom. The van der Waals surface area contributed by atoms with E-state index >= 15 is 0 Å². The first kappa shape index (κ1) is 19.3. The molecule has 3 atom stereocenters. The molecular weight excluding hydrogens is 368 g/mol. The molecule has 2 amide bonds. The lowest BCUT2D eigenvalue weighted by molar-refractivity contribution is 0.0635. The van der Waals surface area contributed by atoms with Crippen LogP contribution in [0.15, 0.2) is 18.2 Å². The van der Waals surface area contributed by atoms with Crippen molar-refractivity contribution >= 4 is 29.3 Å². The van der Waals surface area contributed by atoms with E-state index in [2.05, 4.69) is 16.8 Å². The molecule has 2 bridgehead atoms.